The first-order valence-electron chi connectivity index (χ1n) is 11.2. The molecule has 0 heterocycles. The molecule has 0 aliphatic rings. The van der Waals surface area contributed by atoms with E-state index in [1.54, 1.807) is 17.6 Å². The summed E-state index contributed by atoms with van der Waals surface area (Å²) < 4.78 is 0. The summed E-state index contributed by atoms with van der Waals surface area (Å²) in [7, 11) is -0.382. The molecule has 0 saturated heterocycles. The molecule has 0 bridgehead atoms. The van der Waals surface area contributed by atoms with E-state index in [0.717, 1.165) is 0 Å². The van der Waals surface area contributed by atoms with Crippen molar-refractivity contribution in [3.8, 4) is 0 Å². The van der Waals surface area contributed by atoms with Gasteiger partial charge in [-0.2, -0.15) is 0 Å². The van der Waals surface area contributed by atoms with E-state index in [4.69, 9.17) is 0 Å². The molecule has 0 aliphatic heterocycles. The van der Waals surface area contributed by atoms with Crippen LogP contribution < -0.4 is 5.30 Å². The smallest absolute Gasteiger partial charge is 0.0654 e. The maximum atomic E-state index is 2.41. The van der Waals surface area contributed by atoms with Gasteiger partial charge in [-0.3, -0.25) is 0 Å². The predicted octanol–water partition coefficient (Wildman–Crippen LogP) is 7.23. The van der Waals surface area contributed by atoms with Crippen LogP contribution in [0.1, 0.15) is 60.8 Å². The van der Waals surface area contributed by atoms with Crippen LogP contribution in [0, 0.1) is 0 Å². The third-order valence-corrected chi connectivity index (χ3v) is 15.2. The van der Waals surface area contributed by atoms with E-state index >= 15 is 0 Å². The van der Waals surface area contributed by atoms with Crippen molar-refractivity contribution in [1.82, 2.24) is 0 Å². The van der Waals surface area contributed by atoms with Crippen LogP contribution in [-0.2, 0) is 17.1 Å². The first-order chi connectivity index (χ1) is 12.7. The number of benzene rings is 1. The van der Waals surface area contributed by atoms with Crippen LogP contribution in [0.25, 0.3) is 0 Å². The monoisotopic (exact) mass is 472 g/mol. The molecule has 0 N–H and O–H groups in total. The molecule has 1 aromatic carbocycles. The zero-order valence-electron chi connectivity index (χ0n) is 19.0. The van der Waals surface area contributed by atoms with Crippen molar-refractivity contribution in [2.45, 2.75) is 60.8 Å². The van der Waals surface area contributed by atoms with E-state index in [1.807, 2.05) is 0 Å². The Labute approximate surface area is 186 Å². The molecule has 27 heavy (non-hydrogen) atoms. The minimum absolute atomic E-state index is 0. The Kier molecular flexibility index (Phi) is 24.3. The molecule has 0 fully saturated rings. The van der Waals surface area contributed by atoms with E-state index in [-0.39, 0.29) is 40.8 Å². The largest absolute Gasteiger partial charge is 0.0953 e. The molecule has 1 aromatic rings. The van der Waals surface area contributed by atoms with Crippen LogP contribution in [0.5, 0.6) is 0 Å². The van der Waals surface area contributed by atoms with Gasteiger partial charge in [-0.25, -0.2) is 0 Å². The predicted molar refractivity (Wildman–Crippen MR) is 138 cm³/mol. The molecule has 0 spiro atoms. The van der Waals surface area contributed by atoms with Gasteiger partial charge in [0.05, 0.1) is 54.6 Å². The van der Waals surface area contributed by atoms with E-state index in [2.05, 4.69) is 71.9 Å². The fourth-order valence-electron chi connectivity index (χ4n) is 3.30. The van der Waals surface area contributed by atoms with Crippen LogP contribution in [0.15, 0.2) is 30.3 Å². The maximum Gasteiger partial charge on any atom is 0.0953 e. The second-order valence-corrected chi connectivity index (χ2v) is 16.9. The first-order valence-corrected chi connectivity index (χ1v) is 17.4. The molecule has 1 rings (SSSR count). The van der Waals surface area contributed by atoms with Crippen molar-refractivity contribution in [2.75, 3.05) is 49.3 Å². The average Bonchev–Trinajstić information content (AvgIpc) is 2.69. The SMILES string of the molecule is CCCCC.CC[PH+](CC)CC[PH+](CC[PH+](CC)CC)c1ccccc1.[Mn]. The van der Waals surface area contributed by atoms with Crippen molar-refractivity contribution in [3.63, 3.8) is 0 Å². The van der Waals surface area contributed by atoms with Crippen molar-refractivity contribution in [3.05, 3.63) is 30.3 Å². The summed E-state index contributed by atoms with van der Waals surface area (Å²) in [6.45, 7) is 14.0. The maximum absolute atomic E-state index is 2.41. The average molecular weight is 472 g/mol. The van der Waals surface area contributed by atoms with Gasteiger partial charge in [-0.1, -0.05) is 51.3 Å². The molecule has 0 saturated carbocycles. The first kappa shape index (κ1) is 30.2. The van der Waals surface area contributed by atoms with Crippen LogP contribution in [-0.4, -0.2) is 49.3 Å². The Morgan fingerprint density at radius 1 is 0.593 bits per heavy atom. The van der Waals surface area contributed by atoms with Gasteiger partial charge >= 0.3 is 0 Å². The molecule has 1 radical (unpaired) electrons. The number of hydrogen-bond donors (Lipinski definition) is 0. The Bertz CT molecular complexity index is 374. The molecular weight excluding hydrogens is 424 g/mol. The molecule has 0 aromatic heterocycles. The Morgan fingerprint density at radius 3 is 1.30 bits per heavy atom. The summed E-state index contributed by atoms with van der Waals surface area (Å²) in [6, 6.07) is 11.5. The van der Waals surface area contributed by atoms with Gasteiger partial charge in [-0.15, -0.1) is 0 Å². The molecule has 0 nitrogen and oxygen atoms in total. The minimum atomic E-state index is -0.301. The van der Waals surface area contributed by atoms with Crippen LogP contribution in [0.3, 0.4) is 0 Å². The third kappa shape index (κ3) is 15.5. The number of unbranched alkanes of at least 4 members (excludes halogenated alkanes) is 2. The van der Waals surface area contributed by atoms with Crippen molar-refractivity contribution in [2.24, 2.45) is 0 Å². The van der Waals surface area contributed by atoms with Crippen LogP contribution in [0.4, 0.5) is 0 Å². The standard InChI is InChI=1S/C18H33P3.C5H12.Mn/c1-5-19(6-2)14-16-21(17-15-20(7-3)8-4)18-12-10-9-11-13-18;1-3-5-4-2;/h9-13H,5-8,14-17H2,1-4H3;3-5H2,1-2H3;/p+3. The topological polar surface area (TPSA) is 0 Å². The summed E-state index contributed by atoms with van der Waals surface area (Å²) in [5.41, 5.74) is 0. The zero-order valence-corrected chi connectivity index (χ0v) is 23.2. The third-order valence-electron chi connectivity index (χ3n) is 5.45. The van der Waals surface area contributed by atoms with Crippen LogP contribution >= 0.6 is 23.8 Å². The van der Waals surface area contributed by atoms with Gasteiger partial charge in [-0.05, 0) is 39.8 Å². The Morgan fingerprint density at radius 2 is 1.00 bits per heavy atom. The zero-order chi connectivity index (χ0) is 19.6. The van der Waals surface area contributed by atoms with Crippen molar-refractivity contribution >= 4 is 29.1 Å². The number of hydrogen-bond acceptors (Lipinski definition) is 0. The van der Waals surface area contributed by atoms with Gasteiger partial charge in [0.2, 0.25) is 0 Å². The quantitative estimate of drug-likeness (QED) is 0.210. The van der Waals surface area contributed by atoms with Gasteiger partial charge in [0.25, 0.3) is 0 Å². The molecule has 159 valence electrons. The van der Waals surface area contributed by atoms with Gasteiger partial charge in [0.1, 0.15) is 0 Å². The van der Waals surface area contributed by atoms with E-state index in [0.29, 0.717) is 0 Å². The fraction of sp³-hybridized carbons (Fsp3) is 0.739. The molecule has 4 heteroatoms. The molecular formula is C23H48MnP3+3. The molecule has 0 unspecified atom stereocenters. The summed E-state index contributed by atoms with van der Waals surface area (Å²) in [6.07, 6.45) is 16.1. The van der Waals surface area contributed by atoms with E-state index in [1.165, 1.54) is 56.2 Å². The summed E-state index contributed by atoms with van der Waals surface area (Å²) in [5.74, 6) is 0. The number of rotatable bonds is 13. The summed E-state index contributed by atoms with van der Waals surface area (Å²) in [5, 5.41) is 1.70. The summed E-state index contributed by atoms with van der Waals surface area (Å²) in [4.78, 5) is 0. The Hall–Kier alpha value is 1.03. The normalized spacial score (nSPS) is 10.7. The van der Waals surface area contributed by atoms with Gasteiger partial charge in [0.15, 0.2) is 0 Å². The molecule has 0 aliphatic carbocycles. The fourth-order valence-corrected chi connectivity index (χ4v) is 12.5. The van der Waals surface area contributed by atoms with Crippen molar-refractivity contribution < 1.29 is 17.1 Å². The second-order valence-electron chi connectivity index (χ2n) is 7.24. The molecule has 0 amide bonds. The Balaban J connectivity index is 0. The van der Waals surface area contributed by atoms with Gasteiger partial charge in [0, 0.05) is 40.8 Å². The van der Waals surface area contributed by atoms with E-state index in [9.17, 15) is 0 Å². The minimum Gasteiger partial charge on any atom is -0.0654 e. The second kappa shape index (κ2) is 21.7. The summed E-state index contributed by atoms with van der Waals surface area (Å²) >= 11 is 0. The van der Waals surface area contributed by atoms with Crippen LogP contribution in [0.2, 0.25) is 0 Å². The van der Waals surface area contributed by atoms with Crippen molar-refractivity contribution in [1.29, 1.82) is 0 Å². The van der Waals surface area contributed by atoms with Gasteiger partial charge < -0.3 is 0 Å². The molecule has 0 atom stereocenters. The van der Waals surface area contributed by atoms with E-state index < -0.39 is 0 Å².